The van der Waals surface area contributed by atoms with Crippen molar-refractivity contribution in [3.63, 3.8) is 0 Å². The average molecular weight is 245 g/mol. The van der Waals surface area contributed by atoms with Crippen molar-refractivity contribution in [2.75, 3.05) is 6.61 Å². The Labute approximate surface area is 105 Å². The number of aromatic nitrogens is 2. The smallest absolute Gasteiger partial charge is 0.230 e. The standard InChI is InChI=1S/C13H15N3O2/c1-9-15-16-13(18-9)8-14-11-6-7-17-12-5-3-2-4-10(11)12/h2-5,11,14H,6-8H2,1H3. The maximum Gasteiger partial charge on any atom is 0.230 e. The third-order valence-corrected chi connectivity index (χ3v) is 3.03. The van der Waals surface area contributed by atoms with Crippen LogP contribution in [0.3, 0.4) is 0 Å². The Hall–Kier alpha value is -1.88. The molecular formula is C13H15N3O2. The zero-order valence-corrected chi connectivity index (χ0v) is 10.2. The fraction of sp³-hybridized carbons (Fsp3) is 0.385. The number of rotatable bonds is 3. The van der Waals surface area contributed by atoms with Crippen molar-refractivity contribution < 1.29 is 9.15 Å². The summed E-state index contributed by atoms with van der Waals surface area (Å²) in [5.41, 5.74) is 1.19. The van der Waals surface area contributed by atoms with Gasteiger partial charge in [0.25, 0.3) is 0 Å². The molecule has 2 aromatic rings. The molecule has 0 saturated carbocycles. The summed E-state index contributed by atoms with van der Waals surface area (Å²) in [5.74, 6) is 2.18. The van der Waals surface area contributed by atoms with Gasteiger partial charge in [0.2, 0.25) is 11.8 Å². The molecule has 1 aliphatic heterocycles. The Kier molecular flexibility index (Phi) is 2.98. The van der Waals surface area contributed by atoms with Crippen LogP contribution in [0, 0.1) is 6.92 Å². The third-order valence-electron chi connectivity index (χ3n) is 3.03. The summed E-state index contributed by atoms with van der Waals surface area (Å²) in [6, 6.07) is 8.38. The van der Waals surface area contributed by atoms with Crippen molar-refractivity contribution in [1.82, 2.24) is 15.5 Å². The number of hydrogen-bond donors (Lipinski definition) is 1. The van der Waals surface area contributed by atoms with E-state index in [2.05, 4.69) is 21.6 Å². The fourth-order valence-electron chi connectivity index (χ4n) is 2.17. The molecule has 0 saturated heterocycles. The van der Waals surface area contributed by atoms with Crippen molar-refractivity contribution in [3.8, 4) is 5.75 Å². The molecule has 94 valence electrons. The summed E-state index contributed by atoms with van der Waals surface area (Å²) in [5, 5.41) is 11.2. The van der Waals surface area contributed by atoms with E-state index in [1.54, 1.807) is 6.92 Å². The van der Waals surface area contributed by atoms with E-state index < -0.39 is 0 Å². The molecule has 2 heterocycles. The molecule has 5 heteroatoms. The first kappa shape index (κ1) is 11.2. The summed E-state index contributed by atoms with van der Waals surface area (Å²) >= 11 is 0. The van der Waals surface area contributed by atoms with Crippen LogP contribution in [0.25, 0.3) is 0 Å². The highest BCUT2D eigenvalue weighted by atomic mass is 16.5. The van der Waals surface area contributed by atoms with Gasteiger partial charge in [-0.1, -0.05) is 18.2 Å². The molecule has 0 amide bonds. The largest absolute Gasteiger partial charge is 0.493 e. The average Bonchev–Trinajstić information content (AvgIpc) is 2.82. The number of benzene rings is 1. The lowest BCUT2D eigenvalue weighted by molar-refractivity contribution is 0.249. The van der Waals surface area contributed by atoms with Gasteiger partial charge in [0.15, 0.2) is 0 Å². The number of hydrogen-bond acceptors (Lipinski definition) is 5. The van der Waals surface area contributed by atoms with E-state index in [-0.39, 0.29) is 6.04 Å². The van der Waals surface area contributed by atoms with Gasteiger partial charge < -0.3 is 14.5 Å². The molecule has 1 aliphatic rings. The molecule has 0 bridgehead atoms. The fourth-order valence-corrected chi connectivity index (χ4v) is 2.17. The lowest BCUT2D eigenvalue weighted by atomic mass is 10.0. The molecule has 1 aromatic heterocycles. The molecule has 0 aliphatic carbocycles. The van der Waals surface area contributed by atoms with E-state index in [4.69, 9.17) is 9.15 Å². The van der Waals surface area contributed by atoms with Crippen LogP contribution in [-0.4, -0.2) is 16.8 Å². The number of nitrogens with one attached hydrogen (secondary N) is 1. The van der Waals surface area contributed by atoms with Gasteiger partial charge in [0.1, 0.15) is 5.75 Å². The molecule has 5 nitrogen and oxygen atoms in total. The minimum Gasteiger partial charge on any atom is -0.493 e. The predicted octanol–water partition coefficient (Wildman–Crippen LogP) is 1.99. The number of nitrogens with zero attached hydrogens (tertiary/aromatic N) is 2. The molecule has 3 rings (SSSR count). The van der Waals surface area contributed by atoms with Crippen LogP contribution in [0.2, 0.25) is 0 Å². The molecular weight excluding hydrogens is 230 g/mol. The van der Waals surface area contributed by atoms with E-state index in [9.17, 15) is 0 Å². The normalized spacial score (nSPS) is 18.2. The predicted molar refractivity (Wildman–Crippen MR) is 65.2 cm³/mol. The number of fused-ring (bicyclic) bond motifs is 1. The van der Waals surface area contributed by atoms with Gasteiger partial charge in [-0.3, -0.25) is 0 Å². The Morgan fingerprint density at radius 2 is 2.22 bits per heavy atom. The monoisotopic (exact) mass is 245 g/mol. The maximum absolute atomic E-state index is 5.62. The Bertz CT molecular complexity index is 539. The highest BCUT2D eigenvalue weighted by Gasteiger charge is 2.20. The van der Waals surface area contributed by atoms with Gasteiger partial charge in [-0.25, -0.2) is 0 Å². The quantitative estimate of drug-likeness (QED) is 0.896. The highest BCUT2D eigenvalue weighted by molar-refractivity contribution is 5.37. The highest BCUT2D eigenvalue weighted by Crippen LogP contribution is 2.31. The van der Waals surface area contributed by atoms with Crippen LogP contribution in [0.1, 0.15) is 29.8 Å². The molecule has 1 N–H and O–H groups in total. The SMILES string of the molecule is Cc1nnc(CNC2CCOc3ccccc32)o1. The third kappa shape index (κ3) is 2.22. The molecule has 0 fully saturated rings. The van der Waals surface area contributed by atoms with Crippen molar-refractivity contribution in [3.05, 3.63) is 41.6 Å². The minimum absolute atomic E-state index is 0.280. The lowest BCUT2D eigenvalue weighted by Crippen LogP contribution is -2.26. The summed E-state index contributed by atoms with van der Waals surface area (Å²) in [4.78, 5) is 0. The first-order chi connectivity index (χ1) is 8.83. The summed E-state index contributed by atoms with van der Waals surface area (Å²) < 4.78 is 11.0. The summed E-state index contributed by atoms with van der Waals surface area (Å²) in [7, 11) is 0. The van der Waals surface area contributed by atoms with E-state index in [1.807, 2.05) is 18.2 Å². The van der Waals surface area contributed by atoms with Crippen LogP contribution >= 0.6 is 0 Å². The van der Waals surface area contributed by atoms with Crippen LogP contribution in [0.5, 0.6) is 5.75 Å². The molecule has 0 spiro atoms. The lowest BCUT2D eigenvalue weighted by Gasteiger charge is -2.26. The maximum atomic E-state index is 5.62. The second kappa shape index (κ2) is 4.78. The van der Waals surface area contributed by atoms with E-state index in [1.165, 1.54) is 5.56 Å². The van der Waals surface area contributed by atoms with Gasteiger partial charge in [0, 0.05) is 24.9 Å². The van der Waals surface area contributed by atoms with Crippen LogP contribution in [-0.2, 0) is 6.54 Å². The molecule has 1 aromatic carbocycles. The van der Waals surface area contributed by atoms with Crippen LogP contribution < -0.4 is 10.1 Å². The minimum atomic E-state index is 0.280. The molecule has 0 radical (unpaired) electrons. The second-order valence-electron chi connectivity index (χ2n) is 4.32. The van der Waals surface area contributed by atoms with Crippen LogP contribution in [0.15, 0.2) is 28.7 Å². The molecule has 1 atom stereocenters. The number of ether oxygens (including phenoxy) is 1. The van der Waals surface area contributed by atoms with E-state index in [0.717, 1.165) is 18.8 Å². The Balaban J connectivity index is 1.71. The van der Waals surface area contributed by atoms with Gasteiger partial charge >= 0.3 is 0 Å². The van der Waals surface area contributed by atoms with Crippen LogP contribution in [0.4, 0.5) is 0 Å². The van der Waals surface area contributed by atoms with Crippen molar-refractivity contribution in [2.45, 2.75) is 25.9 Å². The van der Waals surface area contributed by atoms with Gasteiger partial charge in [-0.05, 0) is 6.07 Å². The number of para-hydroxylation sites is 1. The van der Waals surface area contributed by atoms with Crippen molar-refractivity contribution >= 4 is 0 Å². The Morgan fingerprint density at radius 3 is 3.06 bits per heavy atom. The molecule has 18 heavy (non-hydrogen) atoms. The zero-order chi connectivity index (χ0) is 12.4. The zero-order valence-electron chi connectivity index (χ0n) is 10.2. The van der Waals surface area contributed by atoms with E-state index in [0.29, 0.717) is 18.3 Å². The van der Waals surface area contributed by atoms with E-state index >= 15 is 0 Å². The summed E-state index contributed by atoms with van der Waals surface area (Å²) in [6.07, 6.45) is 0.949. The summed E-state index contributed by atoms with van der Waals surface area (Å²) in [6.45, 7) is 3.11. The van der Waals surface area contributed by atoms with Gasteiger partial charge in [-0.15, -0.1) is 10.2 Å². The van der Waals surface area contributed by atoms with Crippen molar-refractivity contribution in [2.24, 2.45) is 0 Å². The Morgan fingerprint density at radius 1 is 1.33 bits per heavy atom. The first-order valence-corrected chi connectivity index (χ1v) is 6.07. The molecule has 1 unspecified atom stereocenters. The first-order valence-electron chi connectivity index (χ1n) is 6.07. The second-order valence-corrected chi connectivity index (χ2v) is 4.32. The van der Waals surface area contributed by atoms with Gasteiger partial charge in [-0.2, -0.15) is 0 Å². The topological polar surface area (TPSA) is 60.2 Å². The van der Waals surface area contributed by atoms with Gasteiger partial charge in [0.05, 0.1) is 13.2 Å². The van der Waals surface area contributed by atoms with Crippen molar-refractivity contribution in [1.29, 1.82) is 0 Å². The number of aryl methyl sites for hydroxylation is 1.